The van der Waals surface area contributed by atoms with E-state index in [2.05, 4.69) is 18.8 Å². The van der Waals surface area contributed by atoms with Crippen molar-refractivity contribution in [1.29, 1.82) is 0 Å². The lowest BCUT2D eigenvalue weighted by Gasteiger charge is -2.39. The van der Waals surface area contributed by atoms with E-state index in [1.807, 2.05) is 20.8 Å². The average Bonchev–Trinajstić information content (AvgIpc) is 2.27. The molecule has 0 aromatic heterocycles. The van der Waals surface area contributed by atoms with Crippen LogP contribution in [0.5, 0.6) is 0 Å². The highest BCUT2D eigenvalue weighted by Gasteiger charge is 2.34. The molecule has 0 aromatic carbocycles. The predicted molar refractivity (Wildman–Crippen MR) is 74.8 cm³/mol. The smallest absolute Gasteiger partial charge is 0.410 e. The van der Waals surface area contributed by atoms with Crippen LogP contribution in [0.4, 0.5) is 4.79 Å². The van der Waals surface area contributed by atoms with E-state index in [1.165, 1.54) is 0 Å². The predicted octanol–water partition coefficient (Wildman–Crippen LogP) is 2.82. The second-order valence-electron chi connectivity index (χ2n) is 6.13. The van der Waals surface area contributed by atoms with Crippen molar-refractivity contribution in [3.8, 4) is 11.8 Å². The standard InChI is InChI=1S/C15H25NO3/c1-6-7-12-18-15(5)8-10-16(11-9-15)13(17)19-14(2,3)4/h8-12H2,1-5H3. The first kappa shape index (κ1) is 15.8. The van der Waals surface area contributed by atoms with E-state index in [0.29, 0.717) is 19.7 Å². The summed E-state index contributed by atoms with van der Waals surface area (Å²) in [4.78, 5) is 13.7. The maximum atomic E-state index is 11.9. The summed E-state index contributed by atoms with van der Waals surface area (Å²) in [6, 6.07) is 0. The fourth-order valence-electron chi connectivity index (χ4n) is 1.92. The summed E-state index contributed by atoms with van der Waals surface area (Å²) in [6.45, 7) is 11.3. The van der Waals surface area contributed by atoms with E-state index < -0.39 is 5.60 Å². The molecule has 1 rings (SSSR count). The Bertz CT molecular complexity index is 365. The summed E-state index contributed by atoms with van der Waals surface area (Å²) in [5.41, 5.74) is -0.618. The largest absolute Gasteiger partial charge is 0.444 e. The zero-order chi connectivity index (χ0) is 14.5. The third kappa shape index (κ3) is 5.52. The van der Waals surface area contributed by atoms with Gasteiger partial charge in [0.2, 0.25) is 0 Å². The van der Waals surface area contributed by atoms with Crippen molar-refractivity contribution in [3.05, 3.63) is 0 Å². The van der Waals surface area contributed by atoms with Crippen molar-refractivity contribution in [3.63, 3.8) is 0 Å². The zero-order valence-corrected chi connectivity index (χ0v) is 12.7. The van der Waals surface area contributed by atoms with Crippen LogP contribution in [-0.4, -0.2) is 41.9 Å². The molecule has 1 amide bonds. The molecule has 0 aliphatic carbocycles. The van der Waals surface area contributed by atoms with Gasteiger partial charge in [0.25, 0.3) is 0 Å². The number of rotatable bonds is 2. The minimum absolute atomic E-state index is 0.178. The number of nitrogens with zero attached hydrogens (tertiary/aromatic N) is 1. The topological polar surface area (TPSA) is 38.8 Å². The Kier molecular flexibility index (Phi) is 5.25. The van der Waals surface area contributed by atoms with Crippen molar-refractivity contribution in [2.45, 2.75) is 58.7 Å². The number of carbonyl (C=O) groups is 1. The summed E-state index contributed by atoms with van der Waals surface area (Å²) in [6.07, 6.45) is 1.40. The van der Waals surface area contributed by atoms with Crippen molar-refractivity contribution in [2.24, 2.45) is 0 Å². The molecule has 0 spiro atoms. The average molecular weight is 267 g/mol. The first-order valence-corrected chi connectivity index (χ1v) is 6.77. The fraction of sp³-hybridized carbons (Fsp3) is 0.800. The Labute approximate surface area is 116 Å². The summed E-state index contributed by atoms with van der Waals surface area (Å²) in [5, 5.41) is 0. The molecule has 19 heavy (non-hydrogen) atoms. The molecular weight excluding hydrogens is 242 g/mol. The summed E-state index contributed by atoms with van der Waals surface area (Å²) >= 11 is 0. The Morgan fingerprint density at radius 1 is 1.32 bits per heavy atom. The molecule has 1 fully saturated rings. The molecule has 0 bridgehead atoms. The molecule has 0 radical (unpaired) electrons. The number of amides is 1. The molecule has 1 aliphatic heterocycles. The highest BCUT2D eigenvalue weighted by molar-refractivity contribution is 5.68. The van der Waals surface area contributed by atoms with E-state index >= 15 is 0 Å². The number of carbonyl (C=O) groups excluding carboxylic acids is 1. The van der Waals surface area contributed by atoms with Gasteiger partial charge in [0.05, 0.1) is 5.60 Å². The molecule has 4 heteroatoms. The first-order valence-electron chi connectivity index (χ1n) is 6.77. The monoisotopic (exact) mass is 267 g/mol. The normalized spacial score (nSPS) is 18.5. The minimum atomic E-state index is -0.439. The van der Waals surface area contributed by atoms with Crippen LogP contribution < -0.4 is 0 Å². The quantitative estimate of drug-likeness (QED) is 0.722. The Balaban J connectivity index is 2.43. The summed E-state index contributed by atoms with van der Waals surface area (Å²) < 4.78 is 11.2. The minimum Gasteiger partial charge on any atom is -0.444 e. The number of piperidine rings is 1. The molecule has 108 valence electrons. The molecule has 1 aliphatic rings. The van der Waals surface area contributed by atoms with E-state index in [0.717, 1.165) is 12.8 Å². The Morgan fingerprint density at radius 2 is 1.89 bits per heavy atom. The zero-order valence-electron chi connectivity index (χ0n) is 12.7. The number of likely N-dealkylation sites (tertiary alicyclic amines) is 1. The van der Waals surface area contributed by atoms with Gasteiger partial charge in [-0.25, -0.2) is 4.79 Å². The number of hydrogen-bond acceptors (Lipinski definition) is 3. The van der Waals surface area contributed by atoms with Crippen LogP contribution in [0.25, 0.3) is 0 Å². The van der Waals surface area contributed by atoms with Gasteiger partial charge in [-0.2, -0.15) is 0 Å². The van der Waals surface area contributed by atoms with E-state index in [9.17, 15) is 4.79 Å². The lowest BCUT2D eigenvalue weighted by molar-refractivity contribution is -0.0601. The number of hydrogen-bond donors (Lipinski definition) is 0. The van der Waals surface area contributed by atoms with Crippen molar-refractivity contribution >= 4 is 6.09 Å². The third-order valence-corrected chi connectivity index (χ3v) is 3.14. The third-order valence-electron chi connectivity index (χ3n) is 3.14. The van der Waals surface area contributed by atoms with E-state index in [4.69, 9.17) is 9.47 Å². The van der Waals surface area contributed by atoms with Gasteiger partial charge in [0.1, 0.15) is 12.2 Å². The lowest BCUT2D eigenvalue weighted by Crippen LogP contribution is -2.48. The first-order chi connectivity index (χ1) is 8.76. The molecule has 0 saturated carbocycles. The van der Waals surface area contributed by atoms with Crippen LogP contribution in [0.3, 0.4) is 0 Å². The van der Waals surface area contributed by atoms with Crippen molar-refractivity contribution in [2.75, 3.05) is 19.7 Å². The van der Waals surface area contributed by atoms with Crippen LogP contribution in [0.2, 0.25) is 0 Å². The van der Waals surface area contributed by atoms with Crippen LogP contribution in [-0.2, 0) is 9.47 Å². The van der Waals surface area contributed by atoms with Crippen LogP contribution in [0.15, 0.2) is 0 Å². The molecule has 4 nitrogen and oxygen atoms in total. The van der Waals surface area contributed by atoms with Gasteiger partial charge in [-0.1, -0.05) is 5.92 Å². The molecule has 0 unspecified atom stereocenters. The van der Waals surface area contributed by atoms with Crippen LogP contribution in [0.1, 0.15) is 47.5 Å². The summed E-state index contributed by atoms with van der Waals surface area (Å²) in [7, 11) is 0. The molecule has 0 N–H and O–H groups in total. The van der Waals surface area contributed by atoms with Gasteiger partial charge in [0, 0.05) is 13.1 Å². The second-order valence-corrected chi connectivity index (χ2v) is 6.13. The van der Waals surface area contributed by atoms with Gasteiger partial charge in [-0.05, 0) is 47.5 Å². The van der Waals surface area contributed by atoms with Crippen LogP contribution >= 0.6 is 0 Å². The summed E-state index contributed by atoms with van der Waals surface area (Å²) in [5.74, 6) is 5.73. The molecule has 1 heterocycles. The molecular formula is C15H25NO3. The second kappa shape index (κ2) is 6.29. The fourth-order valence-corrected chi connectivity index (χ4v) is 1.92. The van der Waals surface area contributed by atoms with Gasteiger partial charge >= 0.3 is 6.09 Å². The van der Waals surface area contributed by atoms with Gasteiger partial charge in [0.15, 0.2) is 0 Å². The molecule has 0 atom stereocenters. The molecule has 1 saturated heterocycles. The van der Waals surface area contributed by atoms with Crippen molar-refractivity contribution < 1.29 is 14.3 Å². The highest BCUT2D eigenvalue weighted by atomic mass is 16.6. The lowest BCUT2D eigenvalue weighted by atomic mass is 9.93. The van der Waals surface area contributed by atoms with Crippen molar-refractivity contribution in [1.82, 2.24) is 4.90 Å². The van der Waals surface area contributed by atoms with Gasteiger partial charge in [-0.3, -0.25) is 0 Å². The van der Waals surface area contributed by atoms with Gasteiger partial charge < -0.3 is 14.4 Å². The van der Waals surface area contributed by atoms with Crippen LogP contribution in [0, 0.1) is 11.8 Å². The number of ether oxygens (including phenoxy) is 2. The Morgan fingerprint density at radius 3 is 2.37 bits per heavy atom. The Hall–Kier alpha value is -1.21. The highest BCUT2D eigenvalue weighted by Crippen LogP contribution is 2.26. The maximum absolute atomic E-state index is 11.9. The van der Waals surface area contributed by atoms with E-state index in [-0.39, 0.29) is 11.7 Å². The molecule has 0 aromatic rings. The van der Waals surface area contributed by atoms with E-state index in [1.54, 1.807) is 11.8 Å². The SMILES string of the molecule is CC#CCOC1(C)CCN(C(=O)OC(C)(C)C)CC1. The maximum Gasteiger partial charge on any atom is 0.410 e. The van der Waals surface area contributed by atoms with Gasteiger partial charge in [-0.15, -0.1) is 5.92 Å².